The molecule has 1 saturated heterocycles. The highest BCUT2D eigenvalue weighted by Crippen LogP contribution is 2.40. The average molecular weight is 389 g/mol. The number of thiocarbonyl (C=S) groups is 1. The first-order chi connectivity index (χ1) is 12.2. The van der Waals surface area contributed by atoms with Gasteiger partial charge in [0.2, 0.25) is 0 Å². The molecule has 6 heteroatoms. The Labute approximate surface area is 163 Å². The Morgan fingerprint density at radius 1 is 1.38 bits per heavy atom. The van der Waals surface area contributed by atoms with Crippen LogP contribution >= 0.6 is 24.0 Å². The maximum atomic E-state index is 14.8. The molecule has 1 aromatic carbocycles. The van der Waals surface area contributed by atoms with Crippen molar-refractivity contribution in [2.75, 3.05) is 18.5 Å². The third kappa shape index (κ3) is 3.12. The summed E-state index contributed by atoms with van der Waals surface area (Å²) in [6, 6.07) is 3.35. The van der Waals surface area contributed by atoms with Gasteiger partial charge < -0.3 is 4.90 Å². The number of benzene rings is 1. The molecule has 1 aromatic rings. The molecule has 26 heavy (non-hydrogen) atoms. The molecule has 2 aliphatic rings. The Morgan fingerprint density at radius 3 is 2.73 bits per heavy atom. The molecule has 0 atom stereocenters. The maximum Gasteiger partial charge on any atom is 0.266 e. The summed E-state index contributed by atoms with van der Waals surface area (Å²) in [6.07, 6.45) is 5.38. The molecule has 3 rings (SSSR count). The van der Waals surface area contributed by atoms with Gasteiger partial charge in [-0.2, -0.15) is 0 Å². The molecule has 0 aliphatic carbocycles. The van der Waals surface area contributed by atoms with E-state index in [1.54, 1.807) is 18.2 Å². The SMILES string of the molecule is C=CCN1C(=O)/C(=C\c2cc3c(cc2F)N(C)C(C)(C)C=C3C)SC1=S. The number of hydrogen-bond acceptors (Lipinski definition) is 4. The average Bonchev–Trinajstić information content (AvgIpc) is 2.82. The number of halogens is 1. The fourth-order valence-electron chi connectivity index (χ4n) is 3.23. The number of fused-ring (bicyclic) bond motifs is 1. The molecule has 0 N–H and O–H groups in total. The van der Waals surface area contributed by atoms with Crippen molar-refractivity contribution in [2.45, 2.75) is 26.3 Å². The van der Waals surface area contributed by atoms with E-state index in [1.807, 2.05) is 20.0 Å². The van der Waals surface area contributed by atoms with E-state index in [-0.39, 0.29) is 17.3 Å². The molecule has 0 radical (unpaired) electrons. The van der Waals surface area contributed by atoms with Crippen molar-refractivity contribution >= 4 is 51.5 Å². The van der Waals surface area contributed by atoms with Crippen LogP contribution in [0.3, 0.4) is 0 Å². The highest BCUT2D eigenvalue weighted by Gasteiger charge is 2.32. The molecule has 0 bridgehead atoms. The zero-order valence-corrected chi connectivity index (χ0v) is 16.9. The first kappa shape index (κ1) is 18.9. The van der Waals surface area contributed by atoms with Crippen LogP contribution in [0.4, 0.5) is 10.1 Å². The highest BCUT2D eigenvalue weighted by molar-refractivity contribution is 8.26. The van der Waals surface area contributed by atoms with E-state index in [2.05, 4.69) is 31.4 Å². The van der Waals surface area contributed by atoms with E-state index in [0.717, 1.165) is 16.8 Å². The molecule has 2 heterocycles. The zero-order chi connectivity index (χ0) is 19.2. The van der Waals surface area contributed by atoms with Gasteiger partial charge in [0.15, 0.2) is 0 Å². The molecule has 0 saturated carbocycles. The largest absolute Gasteiger partial charge is 0.365 e. The first-order valence-electron chi connectivity index (χ1n) is 8.29. The van der Waals surface area contributed by atoms with Crippen LogP contribution in [-0.2, 0) is 4.79 Å². The predicted molar refractivity (Wildman–Crippen MR) is 113 cm³/mol. The summed E-state index contributed by atoms with van der Waals surface area (Å²) in [6.45, 7) is 10.2. The lowest BCUT2D eigenvalue weighted by atomic mass is 9.88. The van der Waals surface area contributed by atoms with E-state index in [9.17, 15) is 9.18 Å². The summed E-state index contributed by atoms with van der Waals surface area (Å²) in [4.78, 5) is 16.4. The van der Waals surface area contributed by atoms with Crippen LogP contribution in [-0.4, -0.2) is 34.3 Å². The molecule has 3 nitrogen and oxygen atoms in total. The summed E-state index contributed by atoms with van der Waals surface area (Å²) >= 11 is 6.43. The summed E-state index contributed by atoms with van der Waals surface area (Å²) < 4.78 is 15.2. The number of amides is 1. The van der Waals surface area contributed by atoms with Gasteiger partial charge in [-0.15, -0.1) is 6.58 Å². The van der Waals surface area contributed by atoms with Crippen LogP contribution in [0.15, 0.2) is 35.8 Å². The summed E-state index contributed by atoms with van der Waals surface area (Å²) in [7, 11) is 1.96. The molecular weight excluding hydrogens is 367 g/mol. The van der Waals surface area contributed by atoms with Gasteiger partial charge in [-0.3, -0.25) is 9.69 Å². The standard InChI is InChI=1S/C20H21FN2OS2/c1-6-7-23-18(24)17(26-19(23)25)9-13-8-14-12(2)11-20(3,4)22(5)16(14)10-15(13)21/h6,8-11H,1,7H2,2-5H3/b17-9+. The van der Waals surface area contributed by atoms with Gasteiger partial charge in [-0.25, -0.2) is 4.39 Å². The molecule has 0 spiro atoms. The van der Waals surface area contributed by atoms with Gasteiger partial charge in [0, 0.05) is 30.4 Å². The fraction of sp³-hybridized carbons (Fsp3) is 0.300. The minimum Gasteiger partial charge on any atom is -0.365 e. The number of allylic oxidation sites excluding steroid dienone is 1. The molecule has 136 valence electrons. The van der Waals surface area contributed by atoms with Crippen molar-refractivity contribution in [3.8, 4) is 0 Å². The quantitative estimate of drug-likeness (QED) is 0.420. The van der Waals surface area contributed by atoms with Crippen LogP contribution in [0.1, 0.15) is 31.9 Å². The fourth-order valence-corrected chi connectivity index (χ4v) is 4.49. The van der Waals surface area contributed by atoms with Gasteiger partial charge >= 0.3 is 0 Å². The minimum atomic E-state index is -0.352. The number of carbonyl (C=O) groups excluding carboxylic acids is 1. The molecule has 0 unspecified atom stereocenters. The van der Waals surface area contributed by atoms with Crippen molar-refractivity contribution < 1.29 is 9.18 Å². The summed E-state index contributed by atoms with van der Waals surface area (Å²) in [5.74, 6) is -0.558. The maximum absolute atomic E-state index is 14.8. The van der Waals surface area contributed by atoms with E-state index in [4.69, 9.17) is 12.2 Å². The van der Waals surface area contributed by atoms with Crippen molar-refractivity contribution in [3.05, 3.63) is 52.7 Å². The minimum absolute atomic E-state index is 0.182. The number of rotatable bonds is 3. The molecule has 0 aromatic heterocycles. The van der Waals surface area contributed by atoms with E-state index in [1.165, 1.54) is 16.7 Å². The highest BCUT2D eigenvalue weighted by atomic mass is 32.2. The second-order valence-corrected chi connectivity index (χ2v) is 8.69. The third-order valence-corrected chi connectivity index (χ3v) is 6.19. The number of anilines is 1. The third-order valence-electron chi connectivity index (χ3n) is 4.81. The first-order valence-corrected chi connectivity index (χ1v) is 9.51. The lowest BCUT2D eigenvalue weighted by Crippen LogP contribution is -2.42. The topological polar surface area (TPSA) is 23.6 Å². The summed E-state index contributed by atoms with van der Waals surface area (Å²) in [5, 5.41) is 0. The molecule has 1 amide bonds. The summed E-state index contributed by atoms with van der Waals surface area (Å²) in [5.41, 5.74) is 3.13. The second kappa shape index (κ2) is 6.67. The van der Waals surface area contributed by atoms with Crippen molar-refractivity contribution in [2.24, 2.45) is 0 Å². The van der Waals surface area contributed by atoms with Crippen LogP contribution in [0.5, 0.6) is 0 Å². The van der Waals surface area contributed by atoms with Crippen LogP contribution in [0.2, 0.25) is 0 Å². The molecule has 1 fully saturated rings. The normalized spacial score (nSPS) is 20.5. The molecule has 2 aliphatic heterocycles. The van der Waals surface area contributed by atoms with Gasteiger partial charge in [-0.05, 0) is 44.6 Å². The van der Waals surface area contributed by atoms with Gasteiger partial charge in [-0.1, -0.05) is 36.1 Å². The van der Waals surface area contributed by atoms with Crippen LogP contribution in [0.25, 0.3) is 11.6 Å². The Bertz CT molecular complexity index is 886. The van der Waals surface area contributed by atoms with Gasteiger partial charge in [0.05, 0.1) is 10.4 Å². The van der Waals surface area contributed by atoms with Crippen molar-refractivity contribution in [1.82, 2.24) is 4.90 Å². The van der Waals surface area contributed by atoms with Crippen LogP contribution in [0, 0.1) is 5.82 Å². The van der Waals surface area contributed by atoms with E-state index >= 15 is 0 Å². The lowest BCUT2D eigenvalue weighted by Gasteiger charge is -2.40. The van der Waals surface area contributed by atoms with E-state index in [0.29, 0.717) is 21.3 Å². The van der Waals surface area contributed by atoms with Crippen LogP contribution < -0.4 is 4.90 Å². The molecular formula is C20H21FN2OS2. The Kier molecular flexibility index (Phi) is 4.84. The number of likely N-dealkylation sites (N-methyl/N-ethyl adjacent to an activating group) is 1. The number of hydrogen-bond donors (Lipinski definition) is 0. The van der Waals surface area contributed by atoms with Crippen molar-refractivity contribution in [3.63, 3.8) is 0 Å². The smallest absolute Gasteiger partial charge is 0.266 e. The number of thioether (sulfide) groups is 1. The monoisotopic (exact) mass is 388 g/mol. The zero-order valence-electron chi connectivity index (χ0n) is 15.3. The van der Waals surface area contributed by atoms with E-state index < -0.39 is 0 Å². The Balaban J connectivity index is 2.04. The van der Waals surface area contributed by atoms with Gasteiger partial charge in [0.1, 0.15) is 10.1 Å². The lowest BCUT2D eigenvalue weighted by molar-refractivity contribution is -0.121. The number of carbonyl (C=O) groups is 1. The second-order valence-electron chi connectivity index (χ2n) is 7.01. The Morgan fingerprint density at radius 2 is 2.08 bits per heavy atom. The number of nitrogens with zero attached hydrogens (tertiary/aromatic N) is 2. The van der Waals surface area contributed by atoms with Crippen molar-refractivity contribution in [1.29, 1.82) is 0 Å². The Hall–Kier alpha value is -1.92. The van der Waals surface area contributed by atoms with Gasteiger partial charge in [0.25, 0.3) is 5.91 Å². The predicted octanol–water partition coefficient (Wildman–Crippen LogP) is 4.84.